The lowest BCUT2D eigenvalue weighted by Crippen LogP contribution is -2.27. The Labute approximate surface area is 244 Å². The van der Waals surface area contributed by atoms with Crippen LogP contribution in [0.2, 0.25) is 5.02 Å². The number of hydrogen-bond acceptors (Lipinski definition) is 7. The molecule has 0 saturated heterocycles. The standard InChI is InChI=1S/C30H25ClN8O3/c1-18(40)33-21-9-10-24-25(14-21)35-30(34-24)27(12-19-6-4-3-5-7-19)38-16-28(42-2)23(15-29(38)41)22-13-20(31)8-11-26(22)39-17-32-36-37-39/h3-11,13-17,27H,12H2,1-2H3,(H,33,40)(H,34,35). The third-order valence-corrected chi connectivity index (χ3v) is 7.09. The first-order chi connectivity index (χ1) is 20.4. The highest BCUT2D eigenvalue weighted by atomic mass is 35.5. The Balaban J connectivity index is 1.49. The molecule has 210 valence electrons. The molecule has 3 aromatic heterocycles. The molecular weight excluding hydrogens is 556 g/mol. The predicted octanol–water partition coefficient (Wildman–Crippen LogP) is 4.82. The van der Waals surface area contributed by atoms with Gasteiger partial charge in [0, 0.05) is 41.2 Å². The molecule has 0 aliphatic rings. The fourth-order valence-electron chi connectivity index (χ4n) is 4.97. The first-order valence-electron chi connectivity index (χ1n) is 13.0. The number of anilines is 1. The third kappa shape index (κ3) is 5.37. The normalized spacial score (nSPS) is 11.9. The van der Waals surface area contributed by atoms with Gasteiger partial charge in [0.2, 0.25) is 5.91 Å². The Hall–Kier alpha value is -5.29. The van der Waals surface area contributed by atoms with Gasteiger partial charge in [-0.1, -0.05) is 41.9 Å². The second kappa shape index (κ2) is 11.3. The van der Waals surface area contributed by atoms with E-state index in [0.717, 1.165) is 11.1 Å². The number of carbonyl (C=O) groups is 1. The number of H-pyrrole nitrogens is 1. The lowest BCUT2D eigenvalue weighted by Gasteiger charge is -2.21. The Morgan fingerprint density at radius 3 is 2.64 bits per heavy atom. The van der Waals surface area contributed by atoms with Crippen molar-refractivity contribution in [1.29, 1.82) is 0 Å². The summed E-state index contributed by atoms with van der Waals surface area (Å²) in [4.78, 5) is 33.7. The number of pyridine rings is 1. The molecule has 0 fully saturated rings. The van der Waals surface area contributed by atoms with E-state index in [1.54, 1.807) is 42.1 Å². The van der Waals surface area contributed by atoms with Crippen molar-refractivity contribution < 1.29 is 9.53 Å². The van der Waals surface area contributed by atoms with Crippen LogP contribution in [0.4, 0.5) is 5.69 Å². The van der Waals surface area contributed by atoms with E-state index in [-0.39, 0.29) is 11.5 Å². The predicted molar refractivity (Wildman–Crippen MR) is 159 cm³/mol. The number of halogens is 1. The van der Waals surface area contributed by atoms with Crippen molar-refractivity contribution in [3.63, 3.8) is 0 Å². The van der Waals surface area contributed by atoms with Crippen LogP contribution in [0, 0.1) is 0 Å². The number of methoxy groups -OCH3 is 1. The minimum Gasteiger partial charge on any atom is -0.495 e. The van der Waals surface area contributed by atoms with Crippen LogP contribution < -0.4 is 15.6 Å². The number of nitrogens with zero attached hydrogens (tertiary/aromatic N) is 6. The lowest BCUT2D eigenvalue weighted by atomic mass is 10.0. The number of hydrogen-bond donors (Lipinski definition) is 2. The molecule has 0 aliphatic heterocycles. The number of amides is 1. The molecule has 0 bridgehead atoms. The summed E-state index contributed by atoms with van der Waals surface area (Å²) in [5.74, 6) is 0.869. The second-order valence-corrected chi connectivity index (χ2v) is 10.1. The zero-order valence-electron chi connectivity index (χ0n) is 22.7. The van der Waals surface area contributed by atoms with Crippen LogP contribution in [-0.2, 0) is 11.2 Å². The van der Waals surface area contributed by atoms with Gasteiger partial charge in [-0.3, -0.25) is 9.59 Å². The largest absolute Gasteiger partial charge is 0.495 e. The summed E-state index contributed by atoms with van der Waals surface area (Å²) in [5, 5.41) is 14.8. The second-order valence-electron chi connectivity index (χ2n) is 9.66. The van der Waals surface area contributed by atoms with Gasteiger partial charge in [-0.15, -0.1) is 5.10 Å². The van der Waals surface area contributed by atoms with Gasteiger partial charge in [-0.25, -0.2) is 4.98 Å². The topological polar surface area (TPSA) is 133 Å². The fraction of sp³-hybridized carbons (Fsp3) is 0.133. The number of rotatable bonds is 8. The smallest absolute Gasteiger partial charge is 0.252 e. The lowest BCUT2D eigenvalue weighted by molar-refractivity contribution is -0.114. The molecule has 1 amide bonds. The summed E-state index contributed by atoms with van der Waals surface area (Å²) in [6.45, 7) is 1.46. The quantitative estimate of drug-likeness (QED) is 0.264. The van der Waals surface area contributed by atoms with Crippen molar-refractivity contribution in [2.24, 2.45) is 0 Å². The first-order valence-corrected chi connectivity index (χ1v) is 13.4. The van der Waals surface area contributed by atoms with Gasteiger partial charge in [0.05, 0.1) is 36.1 Å². The molecule has 42 heavy (non-hydrogen) atoms. The number of carbonyl (C=O) groups excluding carboxylic acids is 1. The average molecular weight is 581 g/mol. The van der Waals surface area contributed by atoms with Crippen LogP contribution in [0.3, 0.4) is 0 Å². The van der Waals surface area contributed by atoms with Crippen molar-refractivity contribution in [2.75, 3.05) is 12.4 Å². The number of benzene rings is 3. The molecule has 12 heteroatoms. The Bertz CT molecular complexity index is 1950. The molecule has 1 unspecified atom stereocenters. The minimum atomic E-state index is -0.502. The van der Waals surface area contributed by atoms with Crippen molar-refractivity contribution in [2.45, 2.75) is 19.4 Å². The molecule has 6 aromatic rings. The van der Waals surface area contributed by atoms with Gasteiger partial charge < -0.3 is 19.6 Å². The van der Waals surface area contributed by atoms with E-state index in [0.29, 0.717) is 51.0 Å². The van der Waals surface area contributed by atoms with E-state index < -0.39 is 6.04 Å². The number of fused-ring (bicyclic) bond motifs is 1. The van der Waals surface area contributed by atoms with E-state index in [9.17, 15) is 9.59 Å². The van der Waals surface area contributed by atoms with Crippen LogP contribution in [0.1, 0.15) is 24.4 Å². The fourth-order valence-corrected chi connectivity index (χ4v) is 5.15. The highest BCUT2D eigenvalue weighted by Crippen LogP contribution is 2.36. The summed E-state index contributed by atoms with van der Waals surface area (Å²) in [7, 11) is 1.55. The summed E-state index contributed by atoms with van der Waals surface area (Å²) in [5.41, 5.74) is 4.64. The number of tetrazole rings is 1. The molecule has 1 atom stereocenters. The van der Waals surface area contributed by atoms with E-state index in [2.05, 4.69) is 25.8 Å². The number of nitrogens with one attached hydrogen (secondary N) is 2. The molecular formula is C30H25ClN8O3. The Kier molecular flexibility index (Phi) is 7.24. The van der Waals surface area contributed by atoms with Crippen molar-refractivity contribution in [3.05, 3.63) is 112 Å². The van der Waals surface area contributed by atoms with E-state index in [1.807, 2.05) is 42.5 Å². The summed E-state index contributed by atoms with van der Waals surface area (Å²) < 4.78 is 8.93. The van der Waals surface area contributed by atoms with Gasteiger partial charge in [0.1, 0.15) is 17.9 Å². The van der Waals surface area contributed by atoms with Gasteiger partial charge >= 0.3 is 0 Å². The van der Waals surface area contributed by atoms with Crippen molar-refractivity contribution >= 4 is 34.2 Å². The number of imidazole rings is 1. The van der Waals surface area contributed by atoms with Crippen LogP contribution in [0.5, 0.6) is 5.75 Å². The van der Waals surface area contributed by atoms with Gasteiger partial charge in [-0.2, -0.15) is 4.68 Å². The molecule has 0 aliphatic carbocycles. The van der Waals surface area contributed by atoms with E-state index in [1.165, 1.54) is 24.0 Å². The molecule has 11 nitrogen and oxygen atoms in total. The van der Waals surface area contributed by atoms with E-state index >= 15 is 0 Å². The molecule has 3 aromatic carbocycles. The first kappa shape index (κ1) is 26.9. The van der Waals surface area contributed by atoms with Crippen LogP contribution >= 0.6 is 11.6 Å². The SMILES string of the molecule is COc1cn(C(Cc2ccccc2)c2nc3ccc(NC(C)=O)cc3[nH]2)c(=O)cc1-c1cc(Cl)ccc1-n1cnnn1. The van der Waals surface area contributed by atoms with Crippen LogP contribution in [0.25, 0.3) is 27.8 Å². The Morgan fingerprint density at radius 1 is 1.07 bits per heavy atom. The number of aromatic nitrogens is 7. The number of aromatic amines is 1. The van der Waals surface area contributed by atoms with Crippen LogP contribution in [-0.4, -0.2) is 47.8 Å². The molecule has 0 saturated carbocycles. The average Bonchev–Trinajstić information content (AvgIpc) is 3.66. The zero-order chi connectivity index (χ0) is 29.2. The Morgan fingerprint density at radius 2 is 1.90 bits per heavy atom. The maximum atomic E-state index is 13.9. The monoisotopic (exact) mass is 580 g/mol. The maximum Gasteiger partial charge on any atom is 0.252 e. The van der Waals surface area contributed by atoms with Crippen molar-refractivity contribution in [3.8, 4) is 22.6 Å². The minimum absolute atomic E-state index is 0.169. The third-order valence-electron chi connectivity index (χ3n) is 6.85. The van der Waals surface area contributed by atoms with Crippen molar-refractivity contribution in [1.82, 2.24) is 34.7 Å². The van der Waals surface area contributed by atoms with Crippen LogP contribution in [0.15, 0.2) is 90.1 Å². The summed E-state index contributed by atoms with van der Waals surface area (Å²) in [6, 6.07) is 21.6. The highest BCUT2D eigenvalue weighted by molar-refractivity contribution is 6.31. The summed E-state index contributed by atoms with van der Waals surface area (Å²) >= 11 is 6.37. The van der Waals surface area contributed by atoms with Gasteiger partial charge in [0.15, 0.2) is 0 Å². The molecule has 0 radical (unpaired) electrons. The van der Waals surface area contributed by atoms with Gasteiger partial charge in [0.25, 0.3) is 5.56 Å². The maximum absolute atomic E-state index is 13.9. The van der Waals surface area contributed by atoms with Gasteiger partial charge in [-0.05, 0) is 52.4 Å². The highest BCUT2D eigenvalue weighted by Gasteiger charge is 2.23. The molecule has 3 heterocycles. The molecule has 6 rings (SSSR count). The summed E-state index contributed by atoms with van der Waals surface area (Å²) in [6.07, 6.45) is 3.63. The number of ether oxygens (including phenoxy) is 1. The molecule has 2 N–H and O–H groups in total. The zero-order valence-corrected chi connectivity index (χ0v) is 23.4. The van der Waals surface area contributed by atoms with E-state index in [4.69, 9.17) is 21.3 Å². The molecule has 0 spiro atoms.